The van der Waals surface area contributed by atoms with Crippen molar-refractivity contribution in [2.75, 3.05) is 13.1 Å². The van der Waals surface area contributed by atoms with Crippen molar-refractivity contribution >= 4 is 15.9 Å². The van der Waals surface area contributed by atoms with Crippen LogP contribution in [0.1, 0.15) is 44.6 Å². The van der Waals surface area contributed by atoms with E-state index in [1.54, 1.807) is 9.47 Å². The molecule has 0 bridgehead atoms. The molecule has 0 saturated carbocycles. The van der Waals surface area contributed by atoms with Gasteiger partial charge in [0.15, 0.2) is 0 Å². The molecule has 1 amide bonds. The van der Waals surface area contributed by atoms with E-state index in [2.05, 4.69) is 13.8 Å². The van der Waals surface area contributed by atoms with Gasteiger partial charge in [0.1, 0.15) is 10.6 Å². The maximum absolute atomic E-state index is 12.6. The summed E-state index contributed by atoms with van der Waals surface area (Å²) in [6, 6.07) is 1.36. The Morgan fingerprint density at radius 1 is 1.38 bits per heavy atom. The Balaban J connectivity index is 3.13. The van der Waals surface area contributed by atoms with Crippen molar-refractivity contribution in [1.82, 2.24) is 9.47 Å². The molecule has 1 rings (SSSR count). The van der Waals surface area contributed by atoms with Gasteiger partial charge in [0, 0.05) is 25.8 Å². The first-order chi connectivity index (χ1) is 9.74. The molecule has 1 unspecified atom stereocenters. The van der Waals surface area contributed by atoms with Gasteiger partial charge in [-0.1, -0.05) is 20.3 Å². The minimum absolute atomic E-state index is 0.0210. The number of primary sulfonamides is 1. The Labute approximate surface area is 127 Å². The Morgan fingerprint density at radius 3 is 2.43 bits per heavy atom. The van der Waals surface area contributed by atoms with Gasteiger partial charge < -0.3 is 9.47 Å². The van der Waals surface area contributed by atoms with E-state index in [0.717, 1.165) is 6.42 Å². The molecule has 6 nitrogen and oxygen atoms in total. The largest absolute Gasteiger partial charge is 0.342 e. The van der Waals surface area contributed by atoms with E-state index in [1.807, 2.05) is 13.8 Å². The molecular formula is C14H25N3O3S. The molecule has 0 fully saturated rings. The first kappa shape index (κ1) is 17.7. The van der Waals surface area contributed by atoms with Gasteiger partial charge in [-0.2, -0.15) is 0 Å². The molecule has 0 radical (unpaired) electrons. The summed E-state index contributed by atoms with van der Waals surface area (Å²) in [5.41, 5.74) is 0.367. The summed E-state index contributed by atoms with van der Waals surface area (Å²) in [4.78, 5) is 14.3. The third-order valence-electron chi connectivity index (χ3n) is 3.66. The number of rotatable bonds is 7. The molecule has 2 N–H and O–H groups in total. The Hall–Kier alpha value is -1.34. The second-order valence-electron chi connectivity index (χ2n) is 5.25. The second kappa shape index (κ2) is 7.09. The average molecular weight is 315 g/mol. The number of nitrogens with two attached hydrogens (primary N) is 1. The quantitative estimate of drug-likeness (QED) is 0.830. The topological polar surface area (TPSA) is 85.4 Å². The molecule has 1 heterocycles. The molecule has 21 heavy (non-hydrogen) atoms. The van der Waals surface area contributed by atoms with Crippen LogP contribution >= 0.6 is 0 Å². The van der Waals surface area contributed by atoms with Crippen LogP contribution in [0.25, 0.3) is 0 Å². The van der Waals surface area contributed by atoms with Crippen LogP contribution in [-0.2, 0) is 16.6 Å². The fourth-order valence-corrected chi connectivity index (χ4v) is 2.65. The Morgan fingerprint density at radius 2 is 2.00 bits per heavy atom. The van der Waals surface area contributed by atoms with Crippen molar-refractivity contribution in [1.29, 1.82) is 0 Å². The molecule has 0 aromatic carbocycles. The average Bonchev–Trinajstić information content (AvgIpc) is 2.87. The lowest BCUT2D eigenvalue weighted by Gasteiger charge is -2.24. The molecule has 7 heteroatoms. The summed E-state index contributed by atoms with van der Waals surface area (Å²) in [5.74, 6) is 0.242. The number of hydrogen-bond acceptors (Lipinski definition) is 3. The van der Waals surface area contributed by atoms with Gasteiger partial charge in [-0.05, 0) is 25.8 Å². The van der Waals surface area contributed by atoms with Crippen molar-refractivity contribution in [2.45, 2.75) is 45.6 Å². The van der Waals surface area contributed by atoms with Crippen LogP contribution in [0.4, 0.5) is 0 Å². The molecule has 1 atom stereocenters. The Bertz CT molecular complexity index is 593. The van der Waals surface area contributed by atoms with Gasteiger partial charge >= 0.3 is 0 Å². The predicted molar refractivity (Wildman–Crippen MR) is 82.5 cm³/mol. The van der Waals surface area contributed by atoms with E-state index >= 15 is 0 Å². The van der Waals surface area contributed by atoms with E-state index in [4.69, 9.17) is 5.14 Å². The molecule has 0 aliphatic heterocycles. The number of sulfonamides is 1. The summed E-state index contributed by atoms with van der Waals surface area (Å²) >= 11 is 0. The first-order valence-corrected chi connectivity index (χ1v) is 8.81. The molecule has 120 valence electrons. The maximum Gasteiger partial charge on any atom is 0.270 e. The van der Waals surface area contributed by atoms with Crippen LogP contribution in [0, 0.1) is 5.92 Å². The standard InChI is InChI=1S/C14H25N3O3S/c1-5-11(4)9-17(7-3)14(18)13-8-12(21(15,19)20)10-16(13)6-2/h8,10-11H,5-7,9H2,1-4H3,(H2,15,19,20). The number of carbonyl (C=O) groups excluding carboxylic acids is 1. The summed E-state index contributed by atoms with van der Waals surface area (Å²) in [6.45, 7) is 9.70. The highest BCUT2D eigenvalue weighted by molar-refractivity contribution is 7.89. The lowest BCUT2D eigenvalue weighted by Crippen LogP contribution is -2.35. The lowest BCUT2D eigenvalue weighted by atomic mass is 10.1. The van der Waals surface area contributed by atoms with Crippen LogP contribution in [-0.4, -0.2) is 36.9 Å². The normalized spacial score (nSPS) is 13.2. The smallest absolute Gasteiger partial charge is 0.270 e. The number of aromatic nitrogens is 1. The molecular weight excluding hydrogens is 290 g/mol. The number of hydrogen-bond donors (Lipinski definition) is 1. The fourth-order valence-electron chi connectivity index (χ4n) is 2.10. The van der Waals surface area contributed by atoms with E-state index in [-0.39, 0.29) is 10.8 Å². The zero-order chi connectivity index (χ0) is 16.2. The molecule has 0 aliphatic rings. The van der Waals surface area contributed by atoms with Crippen LogP contribution in [0.15, 0.2) is 17.2 Å². The highest BCUT2D eigenvalue weighted by atomic mass is 32.2. The molecule has 1 aromatic heterocycles. The minimum Gasteiger partial charge on any atom is -0.342 e. The van der Waals surface area contributed by atoms with Gasteiger partial charge in [-0.15, -0.1) is 0 Å². The van der Waals surface area contributed by atoms with Gasteiger partial charge in [-0.25, -0.2) is 13.6 Å². The van der Waals surface area contributed by atoms with Gasteiger partial charge in [0.2, 0.25) is 10.0 Å². The second-order valence-corrected chi connectivity index (χ2v) is 6.81. The summed E-state index contributed by atoms with van der Waals surface area (Å²) in [7, 11) is -3.80. The minimum atomic E-state index is -3.80. The fraction of sp³-hybridized carbons (Fsp3) is 0.643. The van der Waals surface area contributed by atoms with Crippen molar-refractivity contribution in [3.8, 4) is 0 Å². The van der Waals surface area contributed by atoms with E-state index in [0.29, 0.717) is 31.2 Å². The first-order valence-electron chi connectivity index (χ1n) is 7.26. The third kappa shape index (κ3) is 4.31. The van der Waals surface area contributed by atoms with E-state index in [9.17, 15) is 13.2 Å². The zero-order valence-corrected chi connectivity index (χ0v) is 14.0. The van der Waals surface area contributed by atoms with Gasteiger partial charge in [0.05, 0.1) is 0 Å². The number of carbonyl (C=O) groups is 1. The highest BCUT2D eigenvalue weighted by Gasteiger charge is 2.22. The van der Waals surface area contributed by atoms with E-state index in [1.165, 1.54) is 12.3 Å². The lowest BCUT2D eigenvalue weighted by molar-refractivity contribution is 0.0730. The summed E-state index contributed by atoms with van der Waals surface area (Å²) in [6.07, 6.45) is 2.40. The SMILES string of the molecule is CCC(C)CN(CC)C(=O)c1cc(S(N)(=O)=O)cn1CC. The number of amides is 1. The van der Waals surface area contributed by atoms with Crippen molar-refractivity contribution < 1.29 is 13.2 Å². The number of nitrogens with zero attached hydrogens (tertiary/aromatic N) is 2. The monoisotopic (exact) mass is 315 g/mol. The molecule has 0 aliphatic carbocycles. The van der Waals surface area contributed by atoms with Crippen molar-refractivity contribution in [2.24, 2.45) is 11.1 Å². The van der Waals surface area contributed by atoms with Crippen molar-refractivity contribution in [3.05, 3.63) is 18.0 Å². The molecule has 0 saturated heterocycles. The van der Waals surface area contributed by atoms with Crippen LogP contribution in [0.3, 0.4) is 0 Å². The van der Waals surface area contributed by atoms with Crippen LogP contribution in [0.2, 0.25) is 0 Å². The highest BCUT2D eigenvalue weighted by Crippen LogP contribution is 2.16. The summed E-state index contributed by atoms with van der Waals surface area (Å²) < 4.78 is 24.5. The van der Waals surface area contributed by atoms with E-state index < -0.39 is 10.0 Å². The van der Waals surface area contributed by atoms with Crippen LogP contribution in [0.5, 0.6) is 0 Å². The molecule has 0 spiro atoms. The van der Waals surface area contributed by atoms with Gasteiger partial charge in [-0.3, -0.25) is 4.79 Å². The predicted octanol–water partition coefficient (Wildman–Crippen LogP) is 1.66. The summed E-state index contributed by atoms with van der Waals surface area (Å²) in [5, 5.41) is 5.14. The zero-order valence-electron chi connectivity index (χ0n) is 13.2. The third-order valence-corrected chi connectivity index (χ3v) is 4.54. The van der Waals surface area contributed by atoms with Crippen molar-refractivity contribution in [3.63, 3.8) is 0 Å². The molecule has 1 aromatic rings. The number of aryl methyl sites for hydroxylation is 1. The van der Waals surface area contributed by atoms with Crippen LogP contribution < -0.4 is 5.14 Å². The Kier molecular flexibility index (Phi) is 5.98. The van der Waals surface area contributed by atoms with Gasteiger partial charge in [0.25, 0.3) is 5.91 Å². The maximum atomic E-state index is 12.6.